The van der Waals surface area contributed by atoms with Gasteiger partial charge in [0.25, 0.3) is 0 Å². The number of imidazole rings is 1. The van der Waals surface area contributed by atoms with Crippen molar-refractivity contribution in [1.29, 1.82) is 0 Å². The Morgan fingerprint density at radius 2 is 2.25 bits per heavy atom. The lowest BCUT2D eigenvalue weighted by atomic mass is 10.5. The quantitative estimate of drug-likeness (QED) is 0.643. The van der Waals surface area contributed by atoms with Crippen LogP contribution in [0.2, 0.25) is 0 Å². The summed E-state index contributed by atoms with van der Waals surface area (Å²) in [5, 5.41) is 4.17. The maximum Gasteiger partial charge on any atom is 0.130 e. The number of aromatic nitrogens is 4. The molecule has 0 saturated heterocycles. The first-order valence-electron chi connectivity index (χ1n) is 4.85. The molecule has 0 radical (unpaired) electrons. The first kappa shape index (κ1) is 10.9. The van der Waals surface area contributed by atoms with E-state index in [0.717, 1.165) is 16.7 Å². The molecule has 16 heavy (non-hydrogen) atoms. The van der Waals surface area contributed by atoms with Gasteiger partial charge in [-0.25, -0.2) is 15.0 Å². The summed E-state index contributed by atoms with van der Waals surface area (Å²) >= 11 is 1.60. The van der Waals surface area contributed by atoms with Crippen LogP contribution in [0.5, 0.6) is 0 Å². The lowest BCUT2D eigenvalue weighted by Gasteiger charge is -2.05. The van der Waals surface area contributed by atoms with Gasteiger partial charge in [0.1, 0.15) is 23.0 Å². The van der Waals surface area contributed by atoms with E-state index >= 15 is 0 Å². The van der Waals surface area contributed by atoms with E-state index in [2.05, 4.69) is 20.3 Å². The van der Waals surface area contributed by atoms with Crippen molar-refractivity contribution in [2.75, 3.05) is 11.6 Å². The minimum absolute atomic E-state index is 0.661. The van der Waals surface area contributed by atoms with Crippen LogP contribution in [0.25, 0.3) is 0 Å². The van der Waals surface area contributed by atoms with Crippen LogP contribution >= 0.6 is 11.8 Å². The van der Waals surface area contributed by atoms with Crippen LogP contribution in [-0.2, 0) is 13.6 Å². The average Bonchev–Trinajstić information content (AvgIpc) is 2.72. The van der Waals surface area contributed by atoms with Crippen molar-refractivity contribution in [3.63, 3.8) is 0 Å². The Labute approximate surface area is 98.3 Å². The predicted octanol–water partition coefficient (Wildman–Crippen LogP) is 1.54. The molecule has 0 aliphatic carbocycles. The molecule has 0 bridgehead atoms. The maximum absolute atomic E-state index is 4.23. The van der Waals surface area contributed by atoms with Crippen LogP contribution in [0.1, 0.15) is 5.82 Å². The molecular formula is C10H13N5S. The molecule has 0 fully saturated rings. The van der Waals surface area contributed by atoms with E-state index in [1.165, 1.54) is 0 Å². The van der Waals surface area contributed by atoms with E-state index < -0.39 is 0 Å². The molecule has 5 nitrogen and oxygen atoms in total. The molecule has 2 rings (SSSR count). The van der Waals surface area contributed by atoms with E-state index in [-0.39, 0.29) is 0 Å². The van der Waals surface area contributed by atoms with E-state index in [0.29, 0.717) is 6.54 Å². The van der Waals surface area contributed by atoms with Crippen LogP contribution in [0.4, 0.5) is 5.82 Å². The van der Waals surface area contributed by atoms with Crippen molar-refractivity contribution in [1.82, 2.24) is 19.5 Å². The third-order valence-corrected chi connectivity index (χ3v) is 2.84. The first-order chi connectivity index (χ1) is 7.79. The third-order valence-electron chi connectivity index (χ3n) is 2.20. The van der Waals surface area contributed by atoms with Crippen molar-refractivity contribution in [3.8, 4) is 0 Å². The molecule has 6 heteroatoms. The van der Waals surface area contributed by atoms with E-state index in [4.69, 9.17) is 0 Å². The van der Waals surface area contributed by atoms with Gasteiger partial charge in [0.2, 0.25) is 0 Å². The maximum atomic E-state index is 4.23. The number of nitrogens with zero attached hydrogens (tertiary/aromatic N) is 4. The van der Waals surface area contributed by atoms with Crippen LogP contribution in [0.3, 0.4) is 0 Å². The molecule has 0 atom stereocenters. The molecule has 0 amide bonds. The Kier molecular flexibility index (Phi) is 3.40. The van der Waals surface area contributed by atoms with Crippen molar-refractivity contribution in [3.05, 3.63) is 30.6 Å². The van der Waals surface area contributed by atoms with Gasteiger partial charge in [-0.05, 0) is 6.26 Å². The van der Waals surface area contributed by atoms with Crippen LogP contribution in [0.15, 0.2) is 29.8 Å². The molecular weight excluding hydrogens is 222 g/mol. The number of anilines is 1. The summed E-state index contributed by atoms with van der Waals surface area (Å²) in [6, 6.07) is 1.92. The number of thioether (sulfide) groups is 1. The zero-order chi connectivity index (χ0) is 11.4. The van der Waals surface area contributed by atoms with Gasteiger partial charge in [0, 0.05) is 25.5 Å². The molecule has 2 aromatic rings. The largest absolute Gasteiger partial charge is 0.363 e. The smallest absolute Gasteiger partial charge is 0.130 e. The number of aryl methyl sites for hydroxylation is 1. The molecule has 0 spiro atoms. The fourth-order valence-corrected chi connectivity index (χ4v) is 1.67. The standard InChI is InChI=1S/C10H13N5S/c1-15-4-3-11-9(15)6-12-8-5-10(16-2)14-7-13-8/h3-5,7H,6H2,1-2H3,(H,12,13,14). The van der Waals surface area contributed by atoms with Crippen LogP contribution in [0, 0.1) is 0 Å². The van der Waals surface area contributed by atoms with Gasteiger partial charge < -0.3 is 9.88 Å². The summed E-state index contributed by atoms with van der Waals surface area (Å²) in [4.78, 5) is 12.5. The van der Waals surface area contributed by atoms with Crippen LogP contribution in [-0.4, -0.2) is 25.8 Å². The normalized spacial score (nSPS) is 10.4. The second kappa shape index (κ2) is 4.98. The fraction of sp³-hybridized carbons (Fsp3) is 0.300. The van der Waals surface area contributed by atoms with Gasteiger partial charge in [-0.2, -0.15) is 0 Å². The molecule has 84 valence electrons. The Morgan fingerprint density at radius 3 is 2.94 bits per heavy atom. The minimum Gasteiger partial charge on any atom is -0.363 e. The fourth-order valence-electron chi connectivity index (χ4n) is 1.28. The third kappa shape index (κ3) is 2.52. The van der Waals surface area contributed by atoms with E-state index in [9.17, 15) is 0 Å². The van der Waals surface area contributed by atoms with Crippen molar-refractivity contribution >= 4 is 17.6 Å². The Balaban J connectivity index is 2.02. The lowest BCUT2D eigenvalue weighted by Crippen LogP contribution is -2.06. The van der Waals surface area contributed by atoms with Gasteiger partial charge in [-0.1, -0.05) is 0 Å². The molecule has 0 aliphatic rings. The highest BCUT2D eigenvalue weighted by Gasteiger charge is 2.00. The van der Waals surface area contributed by atoms with Crippen molar-refractivity contribution < 1.29 is 0 Å². The van der Waals surface area contributed by atoms with E-state index in [1.807, 2.05) is 30.1 Å². The zero-order valence-electron chi connectivity index (χ0n) is 9.21. The molecule has 2 aromatic heterocycles. The van der Waals surface area contributed by atoms with Crippen molar-refractivity contribution in [2.24, 2.45) is 7.05 Å². The summed E-state index contributed by atoms with van der Waals surface area (Å²) in [6.45, 7) is 0.661. The Bertz CT molecular complexity index is 468. The molecule has 0 saturated carbocycles. The number of nitrogens with one attached hydrogen (secondary N) is 1. The molecule has 0 unspecified atom stereocenters. The topological polar surface area (TPSA) is 55.6 Å². The summed E-state index contributed by atoms with van der Waals surface area (Å²) < 4.78 is 1.98. The van der Waals surface area contributed by atoms with Gasteiger partial charge in [-0.15, -0.1) is 11.8 Å². The summed E-state index contributed by atoms with van der Waals surface area (Å²) in [7, 11) is 1.97. The first-order valence-corrected chi connectivity index (χ1v) is 6.08. The van der Waals surface area contributed by atoms with Gasteiger partial charge >= 0.3 is 0 Å². The van der Waals surface area contributed by atoms with Gasteiger partial charge in [0.15, 0.2) is 0 Å². The molecule has 0 aliphatic heterocycles. The lowest BCUT2D eigenvalue weighted by molar-refractivity contribution is 0.809. The van der Waals surface area contributed by atoms with Gasteiger partial charge in [0.05, 0.1) is 6.54 Å². The SMILES string of the molecule is CSc1cc(NCc2nccn2C)ncn1. The molecule has 2 heterocycles. The zero-order valence-corrected chi connectivity index (χ0v) is 10.0. The highest BCUT2D eigenvalue weighted by atomic mass is 32.2. The van der Waals surface area contributed by atoms with Crippen LogP contribution < -0.4 is 5.32 Å². The molecule has 0 aromatic carbocycles. The Hall–Kier alpha value is -1.56. The number of hydrogen-bond donors (Lipinski definition) is 1. The number of hydrogen-bond acceptors (Lipinski definition) is 5. The highest BCUT2D eigenvalue weighted by molar-refractivity contribution is 7.98. The number of rotatable bonds is 4. The monoisotopic (exact) mass is 235 g/mol. The van der Waals surface area contributed by atoms with Gasteiger partial charge in [-0.3, -0.25) is 0 Å². The summed E-state index contributed by atoms with van der Waals surface area (Å²) in [5.74, 6) is 1.80. The van der Waals surface area contributed by atoms with Crippen molar-refractivity contribution in [2.45, 2.75) is 11.6 Å². The highest BCUT2D eigenvalue weighted by Crippen LogP contribution is 2.13. The summed E-state index contributed by atoms with van der Waals surface area (Å²) in [6.07, 6.45) is 7.26. The predicted molar refractivity (Wildman–Crippen MR) is 64.3 cm³/mol. The minimum atomic E-state index is 0.661. The second-order valence-electron chi connectivity index (χ2n) is 3.25. The average molecular weight is 235 g/mol. The second-order valence-corrected chi connectivity index (χ2v) is 4.08. The van der Waals surface area contributed by atoms with E-state index in [1.54, 1.807) is 24.3 Å². The summed E-state index contributed by atoms with van der Waals surface area (Å²) in [5.41, 5.74) is 0. The molecule has 1 N–H and O–H groups in total. The Morgan fingerprint density at radius 1 is 1.38 bits per heavy atom.